The van der Waals surface area contributed by atoms with Crippen LogP contribution in [0.5, 0.6) is 11.5 Å². The molecule has 0 radical (unpaired) electrons. The van der Waals surface area contributed by atoms with Crippen molar-refractivity contribution in [2.75, 3.05) is 19.6 Å². The van der Waals surface area contributed by atoms with Crippen molar-refractivity contribution in [3.05, 3.63) is 81.5 Å². The Labute approximate surface area is 198 Å². The Hall–Kier alpha value is -3.30. The first-order valence-electron chi connectivity index (χ1n) is 10.4. The number of ether oxygens (including phenoxy) is 2. The van der Waals surface area contributed by atoms with E-state index in [0.717, 1.165) is 11.1 Å². The molecule has 0 aliphatic carbocycles. The van der Waals surface area contributed by atoms with Gasteiger partial charge in [0.15, 0.2) is 16.7 Å². The van der Waals surface area contributed by atoms with E-state index in [9.17, 15) is 9.59 Å². The van der Waals surface area contributed by atoms with Gasteiger partial charge < -0.3 is 14.4 Å². The first-order chi connectivity index (χ1) is 16.1. The number of aromatic nitrogens is 2. The van der Waals surface area contributed by atoms with E-state index < -0.39 is 0 Å². The summed E-state index contributed by atoms with van der Waals surface area (Å²) in [6.45, 7) is 1.05. The van der Waals surface area contributed by atoms with Gasteiger partial charge in [0.25, 0.3) is 5.56 Å². The van der Waals surface area contributed by atoms with Crippen LogP contribution in [0.4, 0.5) is 0 Å². The molecule has 0 spiro atoms. The summed E-state index contributed by atoms with van der Waals surface area (Å²) in [4.78, 5) is 32.4. The summed E-state index contributed by atoms with van der Waals surface area (Å²) in [5, 5.41) is 2.38. The van der Waals surface area contributed by atoms with Gasteiger partial charge in [0, 0.05) is 13.6 Å². The quantitative estimate of drug-likeness (QED) is 0.295. The second-order valence-corrected chi connectivity index (χ2v) is 9.49. The van der Waals surface area contributed by atoms with Gasteiger partial charge in [-0.2, -0.15) is 0 Å². The normalized spacial score (nSPS) is 12.3. The van der Waals surface area contributed by atoms with Gasteiger partial charge in [-0.3, -0.25) is 14.2 Å². The molecular weight excluding hydrogens is 458 g/mol. The summed E-state index contributed by atoms with van der Waals surface area (Å²) in [6, 6.07) is 17.3. The average molecular weight is 480 g/mol. The molecular formula is C24H21N3O4S2. The third-order valence-corrected chi connectivity index (χ3v) is 7.17. The molecule has 1 amide bonds. The molecule has 4 aromatic rings. The third kappa shape index (κ3) is 4.60. The number of carbonyl (C=O) groups excluding carboxylic acids is 1. The minimum absolute atomic E-state index is 0.0295. The number of hydrogen-bond acceptors (Lipinski definition) is 7. The number of benzene rings is 2. The number of thiophene rings is 1. The molecule has 0 fully saturated rings. The van der Waals surface area contributed by atoms with Crippen LogP contribution in [0.3, 0.4) is 0 Å². The Balaban J connectivity index is 1.38. The zero-order valence-electron chi connectivity index (χ0n) is 17.9. The highest BCUT2D eigenvalue weighted by molar-refractivity contribution is 7.99. The fourth-order valence-corrected chi connectivity index (χ4v) is 5.29. The van der Waals surface area contributed by atoms with Crippen LogP contribution in [0, 0.1) is 0 Å². The van der Waals surface area contributed by atoms with Crippen molar-refractivity contribution < 1.29 is 14.3 Å². The van der Waals surface area contributed by atoms with Crippen molar-refractivity contribution in [2.45, 2.75) is 18.2 Å². The number of hydrogen-bond donors (Lipinski definition) is 0. The van der Waals surface area contributed by atoms with Crippen LogP contribution in [0.25, 0.3) is 10.2 Å². The number of nitrogens with zero attached hydrogens (tertiary/aromatic N) is 3. The van der Waals surface area contributed by atoms with Gasteiger partial charge >= 0.3 is 0 Å². The predicted octanol–water partition coefficient (Wildman–Crippen LogP) is 3.99. The van der Waals surface area contributed by atoms with Crippen molar-refractivity contribution in [3.63, 3.8) is 0 Å². The van der Waals surface area contributed by atoms with Crippen LogP contribution in [0.2, 0.25) is 0 Å². The van der Waals surface area contributed by atoms with E-state index in [2.05, 4.69) is 4.98 Å². The molecule has 2 aromatic heterocycles. The lowest BCUT2D eigenvalue weighted by Gasteiger charge is -2.18. The van der Waals surface area contributed by atoms with Gasteiger partial charge in [-0.25, -0.2) is 4.98 Å². The molecule has 1 aliphatic rings. The molecule has 7 nitrogen and oxygen atoms in total. The third-order valence-electron chi connectivity index (χ3n) is 5.32. The Morgan fingerprint density at radius 1 is 1.12 bits per heavy atom. The summed E-state index contributed by atoms with van der Waals surface area (Å²) in [7, 11) is 1.78. The number of rotatable bonds is 7. The predicted molar refractivity (Wildman–Crippen MR) is 129 cm³/mol. The molecule has 9 heteroatoms. The second kappa shape index (κ2) is 9.29. The van der Waals surface area contributed by atoms with Gasteiger partial charge in [-0.1, -0.05) is 48.2 Å². The maximum atomic E-state index is 13.2. The lowest BCUT2D eigenvalue weighted by molar-refractivity contribution is -0.127. The number of carbonyl (C=O) groups is 1. The summed E-state index contributed by atoms with van der Waals surface area (Å²) < 4.78 is 13.1. The Morgan fingerprint density at radius 3 is 2.79 bits per heavy atom. The van der Waals surface area contributed by atoms with Crippen molar-refractivity contribution >= 4 is 39.2 Å². The minimum atomic E-state index is -0.111. The first kappa shape index (κ1) is 21.5. The van der Waals surface area contributed by atoms with E-state index in [1.807, 2.05) is 60.0 Å². The SMILES string of the molecule is CN(Cc1ccccc1)C(=O)CSc1nc2ccsc2c(=O)n1Cc1ccc2c(c1)OCO2. The van der Waals surface area contributed by atoms with Crippen LogP contribution >= 0.6 is 23.1 Å². The highest BCUT2D eigenvalue weighted by Gasteiger charge is 2.18. The summed E-state index contributed by atoms with van der Waals surface area (Å²) in [5.41, 5.74) is 2.50. The average Bonchev–Trinajstić information content (AvgIpc) is 3.49. The molecule has 5 rings (SSSR count). The molecule has 2 aromatic carbocycles. The maximum Gasteiger partial charge on any atom is 0.272 e. The lowest BCUT2D eigenvalue weighted by atomic mass is 10.2. The molecule has 168 valence electrons. The summed E-state index contributed by atoms with van der Waals surface area (Å²) >= 11 is 2.65. The van der Waals surface area contributed by atoms with E-state index in [1.165, 1.54) is 23.1 Å². The van der Waals surface area contributed by atoms with Gasteiger partial charge in [0.05, 0.1) is 17.8 Å². The van der Waals surface area contributed by atoms with Gasteiger partial charge in [-0.15, -0.1) is 11.3 Å². The Bertz CT molecular complexity index is 1370. The van der Waals surface area contributed by atoms with Crippen molar-refractivity contribution in [3.8, 4) is 11.5 Å². The summed E-state index contributed by atoms with van der Waals surface area (Å²) in [5.74, 6) is 1.52. The van der Waals surface area contributed by atoms with Crippen LogP contribution in [0.1, 0.15) is 11.1 Å². The Morgan fingerprint density at radius 2 is 1.94 bits per heavy atom. The smallest absolute Gasteiger partial charge is 0.272 e. The minimum Gasteiger partial charge on any atom is -0.454 e. The highest BCUT2D eigenvalue weighted by atomic mass is 32.2. The molecule has 0 atom stereocenters. The molecule has 0 N–H and O–H groups in total. The van der Waals surface area contributed by atoms with Crippen LogP contribution in [0.15, 0.2) is 69.9 Å². The molecule has 0 unspecified atom stereocenters. The first-order valence-corrected chi connectivity index (χ1v) is 12.2. The van der Waals surface area contributed by atoms with E-state index in [1.54, 1.807) is 16.5 Å². The standard InChI is InChI=1S/C24H21N3O4S2/c1-26(12-16-5-3-2-4-6-16)21(28)14-33-24-25-18-9-10-32-22(18)23(29)27(24)13-17-7-8-19-20(11-17)31-15-30-19/h2-11H,12-15H2,1H3. The number of thioether (sulfide) groups is 1. The van der Waals surface area contributed by atoms with Crippen molar-refractivity contribution in [1.82, 2.24) is 14.5 Å². The van der Waals surface area contributed by atoms with Crippen LogP contribution < -0.4 is 15.0 Å². The molecule has 3 heterocycles. The van der Waals surface area contributed by atoms with Crippen LogP contribution in [-0.4, -0.2) is 40.0 Å². The van der Waals surface area contributed by atoms with E-state index in [-0.39, 0.29) is 24.0 Å². The Kier molecular flexibility index (Phi) is 6.06. The molecule has 0 saturated heterocycles. The molecule has 0 saturated carbocycles. The van der Waals surface area contributed by atoms with Crippen LogP contribution in [-0.2, 0) is 17.9 Å². The van der Waals surface area contributed by atoms with Gasteiger partial charge in [-0.05, 0) is 34.7 Å². The van der Waals surface area contributed by atoms with E-state index in [0.29, 0.717) is 40.0 Å². The highest BCUT2D eigenvalue weighted by Crippen LogP contribution is 2.33. The van der Waals surface area contributed by atoms with Crippen molar-refractivity contribution in [1.29, 1.82) is 0 Å². The number of fused-ring (bicyclic) bond motifs is 2. The largest absolute Gasteiger partial charge is 0.454 e. The van der Waals surface area contributed by atoms with Gasteiger partial charge in [0.2, 0.25) is 12.7 Å². The summed E-state index contributed by atoms with van der Waals surface area (Å²) in [6.07, 6.45) is 0. The van der Waals surface area contributed by atoms with Crippen molar-refractivity contribution in [2.24, 2.45) is 0 Å². The van der Waals surface area contributed by atoms with E-state index >= 15 is 0 Å². The number of amides is 1. The second-order valence-electron chi connectivity index (χ2n) is 7.63. The monoisotopic (exact) mass is 479 g/mol. The zero-order chi connectivity index (χ0) is 22.8. The molecule has 0 bridgehead atoms. The maximum absolute atomic E-state index is 13.2. The zero-order valence-corrected chi connectivity index (χ0v) is 19.5. The fourth-order valence-electron chi connectivity index (χ4n) is 3.58. The molecule has 1 aliphatic heterocycles. The van der Waals surface area contributed by atoms with Gasteiger partial charge in [0.1, 0.15) is 4.70 Å². The topological polar surface area (TPSA) is 73.7 Å². The fraction of sp³-hybridized carbons (Fsp3) is 0.208. The lowest BCUT2D eigenvalue weighted by Crippen LogP contribution is -2.29. The molecule has 33 heavy (non-hydrogen) atoms. The van der Waals surface area contributed by atoms with E-state index in [4.69, 9.17) is 9.47 Å².